The average Bonchev–Trinajstić information content (AvgIpc) is 3.09. The van der Waals surface area contributed by atoms with Gasteiger partial charge in [0.05, 0.1) is 30.7 Å². The van der Waals surface area contributed by atoms with E-state index in [2.05, 4.69) is 5.10 Å². The maximum absolute atomic E-state index is 11.9. The van der Waals surface area contributed by atoms with Crippen LogP contribution in [0.2, 0.25) is 0 Å². The number of fused-ring (bicyclic) bond motifs is 4. The SMILES string of the molecule is COc1ccc(-n2ncc3c2C[C@H]2CC[C@@H]3N2C(C)=O)cc1. The molecule has 2 aliphatic heterocycles. The molecule has 2 atom stereocenters. The third kappa shape index (κ3) is 1.85. The molecule has 1 fully saturated rings. The van der Waals surface area contributed by atoms with Crippen molar-refractivity contribution in [3.8, 4) is 11.4 Å². The summed E-state index contributed by atoms with van der Waals surface area (Å²) in [6, 6.07) is 8.46. The molecule has 0 aliphatic carbocycles. The molecule has 1 amide bonds. The molecule has 0 radical (unpaired) electrons. The van der Waals surface area contributed by atoms with Gasteiger partial charge in [-0.25, -0.2) is 4.68 Å². The zero-order chi connectivity index (χ0) is 15.3. The number of carbonyl (C=O) groups excluding carboxylic acids is 1. The van der Waals surface area contributed by atoms with Crippen LogP contribution in [0, 0.1) is 0 Å². The number of amides is 1. The quantitative estimate of drug-likeness (QED) is 0.855. The summed E-state index contributed by atoms with van der Waals surface area (Å²) in [4.78, 5) is 13.9. The van der Waals surface area contributed by atoms with Gasteiger partial charge in [-0.15, -0.1) is 0 Å². The molecular weight excluding hydrogens is 278 g/mol. The first-order chi connectivity index (χ1) is 10.7. The minimum Gasteiger partial charge on any atom is -0.497 e. The van der Waals surface area contributed by atoms with Crippen molar-refractivity contribution >= 4 is 5.91 Å². The summed E-state index contributed by atoms with van der Waals surface area (Å²) in [5.41, 5.74) is 3.49. The molecule has 1 saturated heterocycles. The number of hydrogen-bond donors (Lipinski definition) is 0. The first-order valence-corrected chi connectivity index (χ1v) is 7.69. The highest BCUT2D eigenvalue weighted by Crippen LogP contribution is 2.44. The van der Waals surface area contributed by atoms with Crippen molar-refractivity contribution < 1.29 is 9.53 Å². The monoisotopic (exact) mass is 297 g/mol. The van der Waals surface area contributed by atoms with Gasteiger partial charge in [-0.1, -0.05) is 0 Å². The Kier molecular flexibility index (Phi) is 2.96. The third-order valence-corrected chi connectivity index (χ3v) is 4.87. The van der Waals surface area contributed by atoms with Gasteiger partial charge in [0.1, 0.15) is 5.75 Å². The predicted molar refractivity (Wildman–Crippen MR) is 82.1 cm³/mol. The highest BCUT2D eigenvalue weighted by molar-refractivity contribution is 5.75. The molecule has 22 heavy (non-hydrogen) atoms. The molecule has 0 spiro atoms. The van der Waals surface area contributed by atoms with Crippen LogP contribution in [0.25, 0.3) is 5.69 Å². The van der Waals surface area contributed by atoms with Crippen molar-refractivity contribution in [3.05, 3.63) is 41.7 Å². The molecule has 2 bridgehead atoms. The molecule has 2 aromatic rings. The lowest BCUT2D eigenvalue weighted by atomic mass is 10.00. The average molecular weight is 297 g/mol. The minimum atomic E-state index is 0.176. The van der Waals surface area contributed by atoms with Gasteiger partial charge < -0.3 is 9.64 Å². The highest BCUT2D eigenvalue weighted by Gasteiger charge is 2.43. The summed E-state index contributed by atoms with van der Waals surface area (Å²) < 4.78 is 7.22. The number of nitrogens with zero attached hydrogens (tertiary/aromatic N) is 3. The number of carbonyl (C=O) groups is 1. The lowest BCUT2D eigenvalue weighted by molar-refractivity contribution is -0.132. The summed E-state index contributed by atoms with van der Waals surface area (Å²) in [7, 11) is 1.67. The van der Waals surface area contributed by atoms with Crippen LogP contribution in [-0.2, 0) is 11.2 Å². The van der Waals surface area contributed by atoms with Crippen molar-refractivity contribution in [2.75, 3.05) is 7.11 Å². The Labute approximate surface area is 129 Å². The van der Waals surface area contributed by atoms with Crippen LogP contribution in [0.3, 0.4) is 0 Å². The molecular formula is C17H19N3O2. The fourth-order valence-corrected chi connectivity index (χ4v) is 3.90. The Morgan fingerprint density at radius 3 is 2.73 bits per heavy atom. The highest BCUT2D eigenvalue weighted by atomic mass is 16.5. The van der Waals surface area contributed by atoms with E-state index in [-0.39, 0.29) is 11.9 Å². The second-order valence-electron chi connectivity index (χ2n) is 6.03. The zero-order valence-corrected chi connectivity index (χ0v) is 12.8. The van der Waals surface area contributed by atoms with Gasteiger partial charge >= 0.3 is 0 Å². The van der Waals surface area contributed by atoms with E-state index in [1.54, 1.807) is 14.0 Å². The van der Waals surface area contributed by atoms with Gasteiger partial charge in [-0.2, -0.15) is 5.10 Å². The number of rotatable bonds is 2. The molecule has 0 unspecified atom stereocenters. The van der Waals surface area contributed by atoms with Gasteiger partial charge in [0.25, 0.3) is 0 Å². The van der Waals surface area contributed by atoms with Crippen molar-refractivity contribution in [1.29, 1.82) is 0 Å². The largest absolute Gasteiger partial charge is 0.497 e. The molecule has 5 heteroatoms. The Bertz CT molecular complexity index is 720. The van der Waals surface area contributed by atoms with Crippen molar-refractivity contribution in [2.45, 2.75) is 38.3 Å². The van der Waals surface area contributed by atoms with Crippen LogP contribution >= 0.6 is 0 Å². The van der Waals surface area contributed by atoms with Crippen LogP contribution in [-0.4, -0.2) is 33.7 Å². The third-order valence-electron chi connectivity index (χ3n) is 4.87. The van der Waals surface area contributed by atoms with Gasteiger partial charge in [-0.05, 0) is 37.1 Å². The Balaban J connectivity index is 1.74. The summed E-state index contributed by atoms with van der Waals surface area (Å²) in [6.07, 6.45) is 4.95. The first-order valence-electron chi connectivity index (χ1n) is 7.69. The van der Waals surface area contributed by atoms with E-state index in [0.29, 0.717) is 6.04 Å². The second kappa shape index (κ2) is 4.87. The molecule has 3 heterocycles. The lowest BCUT2D eigenvalue weighted by Gasteiger charge is -2.34. The second-order valence-corrected chi connectivity index (χ2v) is 6.03. The molecule has 4 rings (SSSR count). The van der Waals surface area contributed by atoms with E-state index < -0.39 is 0 Å². The van der Waals surface area contributed by atoms with Gasteiger partial charge in [0, 0.05) is 24.9 Å². The molecule has 114 valence electrons. The number of ether oxygens (including phenoxy) is 1. The smallest absolute Gasteiger partial charge is 0.220 e. The minimum absolute atomic E-state index is 0.176. The summed E-state index contributed by atoms with van der Waals surface area (Å²) >= 11 is 0. The van der Waals surface area contributed by atoms with E-state index in [1.807, 2.05) is 40.0 Å². The van der Waals surface area contributed by atoms with Gasteiger partial charge in [-0.3, -0.25) is 4.79 Å². The number of hydrogen-bond acceptors (Lipinski definition) is 3. The maximum atomic E-state index is 11.9. The Morgan fingerprint density at radius 1 is 1.27 bits per heavy atom. The van der Waals surface area contributed by atoms with Gasteiger partial charge in [0.2, 0.25) is 5.91 Å². The number of aromatic nitrogens is 2. The molecule has 1 aromatic carbocycles. The number of methoxy groups -OCH3 is 1. The van der Waals surface area contributed by atoms with Crippen LogP contribution in [0.5, 0.6) is 5.75 Å². The van der Waals surface area contributed by atoms with E-state index in [0.717, 1.165) is 30.7 Å². The van der Waals surface area contributed by atoms with E-state index in [1.165, 1.54) is 11.3 Å². The topological polar surface area (TPSA) is 47.4 Å². The zero-order valence-electron chi connectivity index (χ0n) is 12.8. The molecule has 0 N–H and O–H groups in total. The van der Waals surface area contributed by atoms with E-state index in [9.17, 15) is 4.79 Å². The van der Waals surface area contributed by atoms with E-state index in [4.69, 9.17) is 4.74 Å². The summed E-state index contributed by atoms with van der Waals surface area (Å²) in [5.74, 6) is 1.02. The summed E-state index contributed by atoms with van der Waals surface area (Å²) in [6.45, 7) is 1.67. The predicted octanol–water partition coefficient (Wildman–Crippen LogP) is 2.49. The summed E-state index contributed by atoms with van der Waals surface area (Å²) in [5, 5.41) is 4.57. The van der Waals surface area contributed by atoms with Crippen LogP contribution in [0.1, 0.15) is 37.1 Å². The Hall–Kier alpha value is -2.30. The molecule has 0 saturated carbocycles. The lowest BCUT2D eigenvalue weighted by Crippen LogP contribution is -2.40. The van der Waals surface area contributed by atoms with Crippen molar-refractivity contribution in [1.82, 2.24) is 14.7 Å². The van der Waals surface area contributed by atoms with Crippen LogP contribution in [0.15, 0.2) is 30.5 Å². The Morgan fingerprint density at radius 2 is 2.05 bits per heavy atom. The first kappa shape index (κ1) is 13.4. The number of benzene rings is 1. The van der Waals surface area contributed by atoms with Crippen molar-refractivity contribution in [2.24, 2.45) is 0 Å². The maximum Gasteiger partial charge on any atom is 0.220 e. The fourth-order valence-electron chi connectivity index (χ4n) is 3.90. The van der Waals surface area contributed by atoms with E-state index >= 15 is 0 Å². The van der Waals surface area contributed by atoms with Crippen LogP contribution < -0.4 is 4.74 Å². The normalized spacial score (nSPS) is 22.5. The van der Waals surface area contributed by atoms with Crippen LogP contribution in [0.4, 0.5) is 0 Å². The molecule has 1 aromatic heterocycles. The standard InChI is InChI=1S/C17H19N3O2/c1-11(21)19-13-5-8-16(19)15-10-18-20(17(15)9-13)12-3-6-14(22-2)7-4-12/h3-4,6-7,10,13,16H,5,8-9H2,1-2H3/t13-,16+/m1/s1. The molecule has 5 nitrogen and oxygen atoms in total. The van der Waals surface area contributed by atoms with Gasteiger partial charge in [0.15, 0.2) is 0 Å². The van der Waals surface area contributed by atoms with Crippen molar-refractivity contribution in [3.63, 3.8) is 0 Å². The molecule has 2 aliphatic rings. The fraction of sp³-hybridized carbons (Fsp3) is 0.412.